The van der Waals surface area contributed by atoms with Crippen LogP contribution in [0, 0.1) is 5.41 Å². The molecule has 3 aliphatic heterocycles. The molecule has 3 fully saturated rings. The maximum Gasteiger partial charge on any atom is 0.134 e. The highest BCUT2D eigenvalue weighted by Crippen LogP contribution is 2.36. The van der Waals surface area contributed by atoms with Gasteiger partial charge in [-0.1, -0.05) is 6.92 Å². The number of anilines is 2. The van der Waals surface area contributed by atoms with E-state index in [1.807, 2.05) is 0 Å². The molecule has 126 valence electrons. The van der Waals surface area contributed by atoms with E-state index in [-0.39, 0.29) is 0 Å². The van der Waals surface area contributed by atoms with E-state index in [2.05, 4.69) is 43.0 Å². The van der Waals surface area contributed by atoms with E-state index < -0.39 is 0 Å². The molecule has 1 N–H and O–H groups in total. The summed E-state index contributed by atoms with van der Waals surface area (Å²) >= 11 is 0. The Balaban J connectivity index is 1.40. The molecule has 0 aromatic carbocycles. The second-order valence-electron chi connectivity index (χ2n) is 7.25. The van der Waals surface area contributed by atoms with E-state index in [0.29, 0.717) is 5.41 Å². The minimum atomic E-state index is 0.586. The summed E-state index contributed by atoms with van der Waals surface area (Å²) in [5, 5.41) is 3.43. The Bertz CT molecular complexity index is 526. The highest BCUT2D eigenvalue weighted by molar-refractivity contribution is 5.50. The number of rotatable bonds is 3. The van der Waals surface area contributed by atoms with Crippen LogP contribution in [-0.4, -0.2) is 73.8 Å². The molecule has 23 heavy (non-hydrogen) atoms. The molecule has 1 spiro atoms. The summed E-state index contributed by atoms with van der Waals surface area (Å²) in [5.74, 6) is 2.20. The third-order valence-electron chi connectivity index (χ3n) is 5.93. The second kappa shape index (κ2) is 6.24. The van der Waals surface area contributed by atoms with Gasteiger partial charge >= 0.3 is 0 Å². The largest absolute Gasteiger partial charge is 0.356 e. The summed E-state index contributed by atoms with van der Waals surface area (Å²) in [6.45, 7) is 12.5. The second-order valence-corrected chi connectivity index (χ2v) is 7.25. The van der Waals surface area contributed by atoms with Gasteiger partial charge in [0.15, 0.2) is 0 Å². The van der Waals surface area contributed by atoms with E-state index >= 15 is 0 Å². The monoisotopic (exact) mass is 316 g/mol. The van der Waals surface area contributed by atoms with Crippen molar-refractivity contribution in [2.75, 3.05) is 68.7 Å². The fourth-order valence-electron chi connectivity index (χ4n) is 4.02. The summed E-state index contributed by atoms with van der Waals surface area (Å²) in [4.78, 5) is 16.4. The van der Waals surface area contributed by atoms with Gasteiger partial charge in [-0.2, -0.15) is 0 Å². The van der Waals surface area contributed by atoms with Crippen molar-refractivity contribution in [3.05, 3.63) is 12.4 Å². The quantitative estimate of drug-likeness (QED) is 0.890. The van der Waals surface area contributed by atoms with E-state index in [1.165, 1.54) is 25.9 Å². The van der Waals surface area contributed by atoms with Gasteiger partial charge in [-0.15, -0.1) is 0 Å². The van der Waals surface area contributed by atoms with Gasteiger partial charge in [-0.05, 0) is 24.8 Å². The summed E-state index contributed by atoms with van der Waals surface area (Å²) < 4.78 is 0. The molecule has 0 aliphatic carbocycles. The molecule has 0 saturated carbocycles. The van der Waals surface area contributed by atoms with E-state index in [4.69, 9.17) is 0 Å². The number of hydrogen-bond acceptors (Lipinski definition) is 6. The van der Waals surface area contributed by atoms with Gasteiger partial charge in [0.05, 0.1) is 0 Å². The van der Waals surface area contributed by atoms with Crippen LogP contribution in [0.2, 0.25) is 0 Å². The molecule has 0 atom stereocenters. The predicted molar refractivity (Wildman–Crippen MR) is 93.1 cm³/mol. The Morgan fingerprint density at radius 1 is 0.957 bits per heavy atom. The lowest BCUT2D eigenvalue weighted by Gasteiger charge is -2.48. The first-order chi connectivity index (χ1) is 11.3. The van der Waals surface area contributed by atoms with Gasteiger partial charge in [0.2, 0.25) is 0 Å². The molecular weight excluding hydrogens is 288 g/mol. The van der Waals surface area contributed by atoms with Crippen LogP contribution in [-0.2, 0) is 0 Å². The standard InChI is InChI=1S/C17H28N6/c1-2-21-7-9-23(10-8-21)16-11-15(19-14-20-16)22-5-3-17(4-6-22)12-18-13-17/h11,14,18H,2-10,12-13H2,1H3. The lowest BCUT2D eigenvalue weighted by Crippen LogP contribution is -2.58. The molecule has 3 aliphatic rings. The lowest BCUT2D eigenvalue weighted by atomic mass is 9.73. The summed E-state index contributed by atoms with van der Waals surface area (Å²) in [5.41, 5.74) is 0.586. The van der Waals surface area contributed by atoms with Crippen molar-refractivity contribution in [1.82, 2.24) is 20.2 Å². The van der Waals surface area contributed by atoms with Crippen LogP contribution in [0.1, 0.15) is 19.8 Å². The SMILES string of the molecule is CCN1CCN(c2cc(N3CCC4(CC3)CNC4)ncn2)CC1. The highest BCUT2D eigenvalue weighted by Gasteiger charge is 2.39. The normalized spacial score (nSPS) is 24.7. The number of hydrogen-bond donors (Lipinski definition) is 1. The van der Waals surface area contributed by atoms with Gasteiger partial charge in [0.25, 0.3) is 0 Å². The molecule has 4 rings (SSSR count). The summed E-state index contributed by atoms with van der Waals surface area (Å²) in [7, 11) is 0. The molecular formula is C17H28N6. The molecule has 0 radical (unpaired) electrons. The first-order valence-corrected chi connectivity index (χ1v) is 9.03. The van der Waals surface area contributed by atoms with E-state index in [0.717, 1.165) is 57.4 Å². The Labute approximate surface area is 138 Å². The Kier molecular flexibility index (Phi) is 4.11. The van der Waals surface area contributed by atoms with E-state index in [1.54, 1.807) is 6.33 Å². The smallest absolute Gasteiger partial charge is 0.134 e. The minimum Gasteiger partial charge on any atom is -0.356 e. The topological polar surface area (TPSA) is 47.5 Å². The van der Waals surface area contributed by atoms with Gasteiger partial charge in [-0.3, -0.25) is 0 Å². The zero-order valence-electron chi connectivity index (χ0n) is 14.2. The van der Waals surface area contributed by atoms with Crippen molar-refractivity contribution >= 4 is 11.6 Å². The molecule has 4 heterocycles. The van der Waals surface area contributed by atoms with Crippen molar-refractivity contribution in [3.63, 3.8) is 0 Å². The molecule has 1 aromatic rings. The Morgan fingerprint density at radius 2 is 1.57 bits per heavy atom. The predicted octanol–water partition coefficient (Wildman–Crippen LogP) is 0.808. The van der Waals surface area contributed by atoms with Crippen molar-refractivity contribution in [3.8, 4) is 0 Å². The Hall–Kier alpha value is -1.40. The number of nitrogens with one attached hydrogen (secondary N) is 1. The van der Waals surface area contributed by atoms with Gasteiger partial charge < -0.3 is 20.0 Å². The summed E-state index contributed by atoms with van der Waals surface area (Å²) in [6, 6.07) is 2.19. The van der Waals surface area contributed by atoms with Crippen LogP contribution in [0.3, 0.4) is 0 Å². The fourth-order valence-corrected chi connectivity index (χ4v) is 4.02. The van der Waals surface area contributed by atoms with Crippen LogP contribution in [0.4, 0.5) is 11.6 Å². The van der Waals surface area contributed by atoms with Crippen LogP contribution < -0.4 is 15.1 Å². The van der Waals surface area contributed by atoms with Crippen LogP contribution in [0.15, 0.2) is 12.4 Å². The zero-order chi connectivity index (χ0) is 15.7. The van der Waals surface area contributed by atoms with Gasteiger partial charge in [-0.25, -0.2) is 9.97 Å². The maximum absolute atomic E-state index is 4.54. The number of aromatic nitrogens is 2. The molecule has 1 aromatic heterocycles. The van der Waals surface area contributed by atoms with Crippen LogP contribution in [0.5, 0.6) is 0 Å². The molecule has 0 unspecified atom stereocenters. The van der Waals surface area contributed by atoms with Crippen molar-refractivity contribution in [2.45, 2.75) is 19.8 Å². The van der Waals surface area contributed by atoms with Crippen molar-refractivity contribution < 1.29 is 0 Å². The van der Waals surface area contributed by atoms with Gasteiger partial charge in [0, 0.05) is 58.4 Å². The molecule has 6 heteroatoms. The number of nitrogens with zero attached hydrogens (tertiary/aromatic N) is 5. The minimum absolute atomic E-state index is 0.586. The van der Waals surface area contributed by atoms with E-state index in [9.17, 15) is 0 Å². The Morgan fingerprint density at radius 3 is 2.09 bits per heavy atom. The fraction of sp³-hybridized carbons (Fsp3) is 0.765. The zero-order valence-corrected chi connectivity index (χ0v) is 14.2. The molecule has 0 amide bonds. The third kappa shape index (κ3) is 3.02. The average Bonchev–Trinajstić information content (AvgIpc) is 2.61. The molecule has 3 saturated heterocycles. The molecule has 0 bridgehead atoms. The lowest BCUT2D eigenvalue weighted by molar-refractivity contribution is 0.126. The van der Waals surface area contributed by atoms with Crippen LogP contribution in [0.25, 0.3) is 0 Å². The first-order valence-electron chi connectivity index (χ1n) is 9.03. The average molecular weight is 316 g/mol. The third-order valence-corrected chi connectivity index (χ3v) is 5.93. The number of piperidine rings is 1. The molecule has 6 nitrogen and oxygen atoms in total. The van der Waals surface area contributed by atoms with Crippen LogP contribution >= 0.6 is 0 Å². The van der Waals surface area contributed by atoms with Crippen molar-refractivity contribution in [1.29, 1.82) is 0 Å². The number of piperazine rings is 1. The first kappa shape index (κ1) is 15.1. The highest BCUT2D eigenvalue weighted by atomic mass is 15.3. The summed E-state index contributed by atoms with van der Waals surface area (Å²) in [6.07, 6.45) is 4.31. The van der Waals surface area contributed by atoms with Crippen molar-refractivity contribution in [2.24, 2.45) is 5.41 Å². The van der Waals surface area contributed by atoms with Gasteiger partial charge in [0.1, 0.15) is 18.0 Å². The maximum atomic E-state index is 4.54. The number of likely N-dealkylation sites (N-methyl/N-ethyl adjacent to an activating group) is 1.